The summed E-state index contributed by atoms with van der Waals surface area (Å²) in [6.45, 7) is 3.11. The third kappa shape index (κ3) is 4.50. The highest BCUT2D eigenvalue weighted by Crippen LogP contribution is 2.41. The number of aromatic nitrogens is 2. The molecular formula is C17H25F2N3O5. The number of aliphatic hydroxyl groups is 2. The van der Waals surface area contributed by atoms with E-state index < -0.39 is 36.7 Å². The molecule has 0 spiro atoms. The number of carbonyl (C=O) groups is 1. The van der Waals surface area contributed by atoms with Gasteiger partial charge in [-0.15, -0.1) is 0 Å². The minimum absolute atomic E-state index is 0.0426. The van der Waals surface area contributed by atoms with Crippen molar-refractivity contribution in [2.24, 2.45) is 5.92 Å². The number of amides is 1. The first-order valence-electron chi connectivity index (χ1n) is 8.98. The zero-order valence-electron chi connectivity index (χ0n) is 15.3. The van der Waals surface area contributed by atoms with E-state index in [0.29, 0.717) is 17.4 Å². The lowest BCUT2D eigenvalue weighted by Gasteiger charge is -2.21. The van der Waals surface area contributed by atoms with E-state index in [-0.39, 0.29) is 17.6 Å². The largest absolute Gasteiger partial charge is 0.394 e. The van der Waals surface area contributed by atoms with Gasteiger partial charge in [0.05, 0.1) is 6.61 Å². The number of carbonyl (C=O) groups excluding carboxylic acids is 1. The first-order valence-corrected chi connectivity index (χ1v) is 8.98. The molecule has 3 atom stereocenters. The van der Waals surface area contributed by atoms with E-state index in [4.69, 9.17) is 9.84 Å². The first-order chi connectivity index (χ1) is 12.8. The molecule has 0 saturated carbocycles. The van der Waals surface area contributed by atoms with Crippen LogP contribution in [0.3, 0.4) is 0 Å². The van der Waals surface area contributed by atoms with Crippen molar-refractivity contribution in [2.75, 3.05) is 11.9 Å². The normalized spacial score (nSPS) is 24.3. The Kier molecular flexibility index (Phi) is 7.01. The van der Waals surface area contributed by atoms with Crippen molar-refractivity contribution in [3.8, 4) is 0 Å². The number of hydrogen-bond acceptors (Lipinski definition) is 6. The Bertz CT molecular complexity index is 706. The molecule has 0 bridgehead atoms. The monoisotopic (exact) mass is 389 g/mol. The summed E-state index contributed by atoms with van der Waals surface area (Å²) in [5.74, 6) is -4.32. The summed E-state index contributed by atoms with van der Waals surface area (Å²) in [4.78, 5) is 28.1. The molecule has 1 aliphatic heterocycles. The highest BCUT2D eigenvalue weighted by atomic mass is 19.3. The molecule has 1 amide bonds. The van der Waals surface area contributed by atoms with Crippen LogP contribution in [0, 0.1) is 5.92 Å². The van der Waals surface area contributed by atoms with Crippen LogP contribution in [0.4, 0.5) is 14.6 Å². The van der Waals surface area contributed by atoms with Gasteiger partial charge in [0.25, 0.3) is 0 Å². The molecule has 1 aromatic rings. The van der Waals surface area contributed by atoms with Gasteiger partial charge in [-0.05, 0) is 18.9 Å². The molecule has 0 aliphatic carbocycles. The molecule has 8 nitrogen and oxygen atoms in total. The maximum Gasteiger partial charge on any atom is 0.351 e. The Morgan fingerprint density at radius 3 is 2.52 bits per heavy atom. The average Bonchev–Trinajstić information content (AvgIpc) is 2.84. The molecule has 0 aromatic carbocycles. The van der Waals surface area contributed by atoms with Gasteiger partial charge in [-0.3, -0.25) is 9.36 Å². The van der Waals surface area contributed by atoms with Gasteiger partial charge in [-0.25, -0.2) is 4.79 Å². The molecule has 1 aliphatic rings. The second kappa shape index (κ2) is 8.85. The number of aliphatic hydroxyl groups excluding tert-OH is 2. The van der Waals surface area contributed by atoms with Gasteiger partial charge in [-0.1, -0.05) is 26.7 Å². The van der Waals surface area contributed by atoms with Crippen LogP contribution in [-0.2, 0) is 9.53 Å². The van der Waals surface area contributed by atoms with E-state index >= 15 is 0 Å². The zero-order valence-corrected chi connectivity index (χ0v) is 15.3. The van der Waals surface area contributed by atoms with Crippen molar-refractivity contribution >= 4 is 11.7 Å². The van der Waals surface area contributed by atoms with Crippen molar-refractivity contribution < 1.29 is 28.5 Å². The number of nitrogens with one attached hydrogen (secondary N) is 1. The van der Waals surface area contributed by atoms with Crippen LogP contribution in [0.2, 0.25) is 0 Å². The van der Waals surface area contributed by atoms with Crippen molar-refractivity contribution in [3.05, 3.63) is 22.7 Å². The maximum atomic E-state index is 14.1. The molecule has 152 valence electrons. The third-order valence-corrected chi connectivity index (χ3v) is 4.54. The summed E-state index contributed by atoms with van der Waals surface area (Å²) in [7, 11) is 0. The predicted octanol–water partition coefficient (Wildman–Crippen LogP) is 1.28. The van der Waals surface area contributed by atoms with Gasteiger partial charge in [0.2, 0.25) is 12.1 Å². The van der Waals surface area contributed by atoms with Crippen LogP contribution in [0.25, 0.3) is 0 Å². The summed E-state index contributed by atoms with van der Waals surface area (Å²) < 4.78 is 33.7. The van der Waals surface area contributed by atoms with Crippen LogP contribution < -0.4 is 11.0 Å². The maximum absolute atomic E-state index is 14.1. The Balaban J connectivity index is 2.18. The molecule has 1 saturated heterocycles. The Labute approximate surface area is 155 Å². The van der Waals surface area contributed by atoms with Crippen LogP contribution in [0.15, 0.2) is 17.1 Å². The topological polar surface area (TPSA) is 114 Å². The van der Waals surface area contributed by atoms with E-state index in [1.54, 1.807) is 0 Å². The quantitative estimate of drug-likeness (QED) is 0.617. The fourth-order valence-corrected chi connectivity index (χ4v) is 3.11. The number of ether oxygens (including phenoxy) is 1. The second-order valence-electron chi connectivity index (χ2n) is 6.59. The number of nitrogens with zero attached hydrogens (tertiary/aromatic N) is 2. The highest BCUT2D eigenvalue weighted by molar-refractivity contribution is 5.91. The van der Waals surface area contributed by atoms with Gasteiger partial charge in [0.1, 0.15) is 11.9 Å². The molecule has 10 heteroatoms. The molecule has 27 heavy (non-hydrogen) atoms. The van der Waals surface area contributed by atoms with E-state index in [9.17, 15) is 23.5 Å². The first kappa shape index (κ1) is 21.4. The number of alkyl halides is 2. The van der Waals surface area contributed by atoms with Crippen LogP contribution in [0.5, 0.6) is 0 Å². The SMILES string of the molecule is CCCC(CCC)C(=O)Nc1ccn([C@@H]2O[C@H](CO)[C@H](O)C2(F)F)c(=O)n1. The standard InChI is InChI=1S/C17H25F2N3O5/c1-3-5-10(6-4-2)14(25)20-12-7-8-22(16(26)21-12)15-17(18,19)13(24)11(9-23)27-15/h7-8,10-11,13,15,23-24H,3-6,9H2,1-2H3,(H,20,21,25,26)/t11-,13+,15-/m1/s1. The fourth-order valence-electron chi connectivity index (χ4n) is 3.11. The van der Waals surface area contributed by atoms with Gasteiger partial charge in [-0.2, -0.15) is 13.8 Å². The van der Waals surface area contributed by atoms with Gasteiger partial charge >= 0.3 is 11.6 Å². The minimum Gasteiger partial charge on any atom is -0.394 e. The highest BCUT2D eigenvalue weighted by Gasteiger charge is 2.59. The molecule has 2 rings (SSSR count). The zero-order chi connectivity index (χ0) is 20.2. The number of hydrogen-bond donors (Lipinski definition) is 3. The van der Waals surface area contributed by atoms with Gasteiger partial charge < -0.3 is 20.3 Å². The second-order valence-corrected chi connectivity index (χ2v) is 6.59. The molecule has 1 fully saturated rings. The number of anilines is 1. The predicted molar refractivity (Wildman–Crippen MR) is 92.4 cm³/mol. The van der Waals surface area contributed by atoms with Gasteiger partial charge in [0, 0.05) is 12.1 Å². The Morgan fingerprint density at radius 1 is 1.41 bits per heavy atom. The summed E-state index contributed by atoms with van der Waals surface area (Å²) in [6.07, 6.45) is -1.79. The lowest BCUT2D eigenvalue weighted by molar-refractivity contribution is -0.141. The number of rotatable bonds is 8. The summed E-state index contributed by atoms with van der Waals surface area (Å²) in [5.41, 5.74) is -1.06. The van der Waals surface area contributed by atoms with E-state index in [1.165, 1.54) is 6.07 Å². The smallest absolute Gasteiger partial charge is 0.351 e. The molecule has 2 heterocycles. The van der Waals surface area contributed by atoms with Crippen molar-refractivity contribution in [1.29, 1.82) is 0 Å². The minimum atomic E-state index is -3.78. The average molecular weight is 389 g/mol. The fraction of sp³-hybridized carbons (Fsp3) is 0.706. The van der Waals surface area contributed by atoms with Crippen LogP contribution in [0.1, 0.15) is 45.8 Å². The van der Waals surface area contributed by atoms with Crippen molar-refractivity contribution in [2.45, 2.75) is 63.9 Å². The van der Waals surface area contributed by atoms with E-state index in [0.717, 1.165) is 19.0 Å². The van der Waals surface area contributed by atoms with E-state index in [2.05, 4.69) is 10.3 Å². The molecular weight excluding hydrogens is 364 g/mol. The summed E-state index contributed by atoms with van der Waals surface area (Å²) in [5, 5.41) is 21.1. The van der Waals surface area contributed by atoms with Crippen molar-refractivity contribution in [1.82, 2.24) is 9.55 Å². The Hall–Kier alpha value is -1.91. The van der Waals surface area contributed by atoms with Crippen LogP contribution >= 0.6 is 0 Å². The van der Waals surface area contributed by atoms with Gasteiger partial charge in [0.15, 0.2) is 6.10 Å². The molecule has 0 radical (unpaired) electrons. The summed E-state index contributed by atoms with van der Waals surface area (Å²) >= 11 is 0. The molecule has 0 unspecified atom stereocenters. The summed E-state index contributed by atoms with van der Waals surface area (Å²) in [6, 6.07) is 1.21. The lowest BCUT2D eigenvalue weighted by atomic mass is 9.97. The Morgan fingerprint density at radius 2 is 2.04 bits per heavy atom. The molecule has 3 N–H and O–H groups in total. The van der Waals surface area contributed by atoms with Crippen molar-refractivity contribution in [3.63, 3.8) is 0 Å². The number of halogens is 2. The lowest BCUT2D eigenvalue weighted by Crippen LogP contribution is -2.41. The third-order valence-electron chi connectivity index (χ3n) is 4.54. The van der Waals surface area contributed by atoms with Crippen LogP contribution in [-0.4, -0.2) is 50.4 Å². The van der Waals surface area contributed by atoms with E-state index in [1.807, 2.05) is 13.8 Å². The molecule has 1 aromatic heterocycles.